The number of H-pyrrole nitrogens is 1. The molecule has 3 heterocycles. The predicted molar refractivity (Wildman–Crippen MR) is 94.8 cm³/mol. The van der Waals surface area contributed by atoms with Crippen molar-refractivity contribution in [2.75, 3.05) is 6.61 Å². The molecule has 1 N–H and O–H groups in total. The quantitative estimate of drug-likeness (QED) is 0.391. The van der Waals surface area contributed by atoms with Crippen LogP contribution in [0.2, 0.25) is 5.15 Å². The second kappa shape index (κ2) is 8.17. The molecule has 4 atom stereocenters. The van der Waals surface area contributed by atoms with E-state index >= 15 is 0 Å². The fraction of sp³-hybridized carbons (Fsp3) is 0.500. The Morgan fingerprint density at radius 2 is 1.93 bits per heavy atom. The van der Waals surface area contributed by atoms with Gasteiger partial charge in [-0.2, -0.15) is 4.98 Å². The minimum atomic E-state index is -1.37. The van der Waals surface area contributed by atoms with Gasteiger partial charge < -0.3 is 18.9 Å². The number of nitrogens with zero attached hydrogens (tertiary/aromatic N) is 3. The molecule has 0 saturated carbocycles. The van der Waals surface area contributed by atoms with Gasteiger partial charge in [0.2, 0.25) is 0 Å². The number of fused-ring (bicyclic) bond motifs is 1. The van der Waals surface area contributed by atoms with E-state index in [1.807, 2.05) is 0 Å². The van der Waals surface area contributed by atoms with E-state index in [-0.39, 0.29) is 16.3 Å². The first-order valence-electron chi connectivity index (χ1n) is 10.1. The Bertz CT molecular complexity index is 1080. The number of rotatable bonds is 5. The second-order valence-electron chi connectivity index (χ2n) is 5.84. The van der Waals surface area contributed by atoms with Crippen LogP contribution in [-0.2, 0) is 33.3 Å². The summed E-state index contributed by atoms with van der Waals surface area (Å²) in [5, 5.41) is -0.102. The minimum absolute atomic E-state index is 0.0370. The van der Waals surface area contributed by atoms with Crippen LogP contribution in [0.25, 0.3) is 11.2 Å². The summed E-state index contributed by atoms with van der Waals surface area (Å²) in [6.07, 6.45) is -3.97. The van der Waals surface area contributed by atoms with Crippen LogP contribution in [0.1, 0.15) is 31.0 Å². The number of aromatic amines is 1. The van der Waals surface area contributed by atoms with Crippen molar-refractivity contribution >= 4 is 40.7 Å². The molecule has 0 radical (unpaired) electrons. The van der Waals surface area contributed by atoms with Crippen LogP contribution in [-0.4, -0.2) is 62.3 Å². The predicted octanol–water partition coefficient (Wildman–Crippen LogP) is 0.0969. The number of halogens is 1. The number of esters is 3. The molecular weight excluding hydrogens is 412 g/mol. The summed E-state index contributed by atoms with van der Waals surface area (Å²) in [5.74, 6) is -2.83. The third-order valence-corrected chi connectivity index (χ3v) is 4.18. The van der Waals surface area contributed by atoms with Gasteiger partial charge in [0.15, 0.2) is 24.1 Å². The van der Waals surface area contributed by atoms with Gasteiger partial charge in [0.25, 0.3) is 0 Å². The lowest BCUT2D eigenvalue weighted by molar-refractivity contribution is -0.166. The molecule has 13 heteroatoms. The Morgan fingerprint density at radius 3 is 2.62 bits per heavy atom. The zero-order chi connectivity index (χ0) is 23.4. The summed E-state index contributed by atoms with van der Waals surface area (Å²) in [6.45, 7) is -2.64. The van der Waals surface area contributed by atoms with Crippen LogP contribution in [0.15, 0.2) is 11.1 Å². The van der Waals surface area contributed by atoms with Crippen molar-refractivity contribution in [3.05, 3.63) is 22.0 Å². The molecule has 0 aromatic carbocycles. The van der Waals surface area contributed by atoms with Crippen molar-refractivity contribution in [2.45, 2.75) is 45.2 Å². The zero-order valence-electron chi connectivity index (χ0n) is 17.7. The smallest absolute Gasteiger partial charge is 0.348 e. The van der Waals surface area contributed by atoms with Crippen molar-refractivity contribution < 1.29 is 37.4 Å². The normalized spacial score (nSPS) is 25.1. The molecule has 0 spiro atoms. The zero-order valence-corrected chi connectivity index (χ0v) is 15.5. The highest BCUT2D eigenvalue weighted by atomic mass is 35.5. The van der Waals surface area contributed by atoms with Gasteiger partial charge in [-0.25, -0.2) is 9.78 Å². The molecule has 0 amide bonds. The summed E-state index contributed by atoms with van der Waals surface area (Å²) in [4.78, 5) is 57.1. The van der Waals surface area contributed by atoms with Crippen molar-refractivity contribution in [3.8, 4) is 0 Å². The fourth-order valence-corrected chi connectivity index (χ4v) is 3.11. The van der Waals surface area contributed by atoms with Crippen LogP contribution in [0, 0.1) is 0 Å². The molecule has 29 heavy (non-hydrogen) atoms. The summed E-state index contributed by atoms with van der Waals surface area (Å²) >= 11 is 5.98. The number of hydrogen-bond acceptors (Lipinski definition) is 10. The van der Waals surface area contributed by atoms with Gasteiger partial charge in [0.1, 0.15) is 23.4 Å². The SMILES string of the molecule is [2H]CC(=O)OC[C@H]1OC(n2cnc3c(Cl)[nH]c(=O)nc32)[C@H](OC(=O)C[2H])[C@@H]1OC(=O)C[2H]. The molecule has 2 aromatic rings. The van der Waals surface area contributed by atoms with E-state index in [4.69, 9.17) is 34.7 Å². The average molecular weight is 432 g/mol. The number of ether oxygens (including phenoxy) is 4. The number of hydrogen-bond donors (Lipinski definition) is 1. The average Bonchev–Trinajstić information content (AvgIpc) is 3.33. The number of nitrogens with one attached hydrogen (secondary N) is 1. The monoisotopic (exact) mass is 431 g/mol. The number of imidazole rings is 1. The molecule has 1 aliphatic heterocycles. The summed E-state index contributed by atoms with van der Waals surface area (Å²) in [7, 11) is 0. The highest BCUT2D eigenvalue weighted by Gasteiger charge is 2.51. The Hall–Kier alpha value is -2.99. The van der Waals surface area contributed by atoms with Crippen LogP contribution >= 0.6 is 11.6 Å². The maximum Gasteiger partial charge on any atom is 0.348 e. The van der Waals surface area contributed by atoms with Crippen LogP contribution < -0.4 is 5.69 Å². The molecule has 12 nitrogen and oxygen atoms in total. The highest BCUT2D eigenvalue weighted by Crippen LogP contribution is 2.36. The minimum Gasteiger partial charge on any atom is -0.463 e. The first kappa shape index (κ1) is 16.9. The number of carbonyl (C=O) groups excluding carboxylic acids is 3. The lowest BCUT2D eigenvalue weighted by atomic mass is 10.1. The first-order valence-corrected chi connectivity index (χ1v) is 8.37. The Morgan fingerprint density at radius 1 is 1.24 bits per heavy atom. The molecule has 3 rings (SSSR count). The molecule has 1 unspecified atom stereocenters. The van der Waals surface area contributed by atoms with E-state index < -0.39 is 75.4 Å². The van der Waals surface area contributed by atoms with Crippen LogP contribution in [0.4, 0.5) is 0 Å². The summed E-state index contributed by atoms with van der Waals surface area (Å²) < 4.78 is 43.9. The van der Waals surface area contributed by atoms with Gasteiger partial charge in [-0.1, -0.05) is 11.6 Å². The van der Waals surface area contributed by atoms with Gasteiger partial charge in [-0.15, -0.1) is 0 Å². The molecule has 0 aliphatic carbocycles. The molecule has 1 saturated heterocycles. The van der Waals surface area contributed by atoms with E-state index in [1.165, 1.54) is 10.9 Å². The fourth-order valence-electron chi connectivity index (χ4n) is 2.90. The van der Waals surface area contributed by atoms with Gasteiger partial charge in [0.05, 0.1) is 6.33 Å². The highest BCUT2D eigenvalue weighted by molar-refractivity contribution is 6.33. The van der Waals surface area contributed by atoms with Crippen molar-refractivity contribution in [2.24, 2.45) is 0 Å². The van der Waals surface area contributed by atoms with E-state index in [9.17, 15) is 19.2 Å². The van der Waals surface area contributed by atoms with Gasteiger partial charge in [-0.3, -0.25) is 23.9 Å². The maximum absolute atomic E-state index is 11.9. The molecule has 1 aliphatic rings. The van der Waals surface area contributed by atoms with E-state index in [0.29, 0.717) is 0 Å². The lowest BCUT2D eigenvalue weighted by Crippen LogP contribution is -2.40. The topological polar surface area (TPSA) is 152 Å². The van der Waals surface area contributed by atoms with Crippen LogP contribution in [0.3, 0.4) is 0 Å². The maximum atomic E-state index is 11.9. The first-order chi connectivity index (χ1) is 15.3. The Kier molecular flexibility index (Phi) is 4.77. The van der Waals surface area contributed by atoms with Crippen molar-refractivity contribution in [1.82, 2.24) is 19.5 Å². The van der Waals surface area contributed by atoms with E-state index in [1.54, 1.807) is 0 Å². The van der Waals surface area contributed by atoms with Crippen molar-refractivity contribution in [3.63, 3.8) is 0 Å². The molecule has 156 valence electrons. The molecule has 2 aromatic heterocycles. The summed E-state index contributed by atoms with van der Waals surface area (Å²) in [6, 6.07) is 0. The van der Waals surface area contributed by atoms with Crippen molar-refractivity contribution in [1.29, 1.82) is 0 Å². The Labute approximate surface area is 172 Å². The lowest BCUT2D eigenvalue weighted by Gasteiger charge is -2.23. The number of carbonyl (C=O) groups is 3. The standard InChI is InChI=1S/C16H17ClN4O8/c1-6(22)26-4-9-11(27-7(2)23)12(28-8(3)24)15(29-9)21-5-18-10-13(17)19-16(25)20-14(10)21/h5,9,11-12,15H,4H2,1-3H3,(H,19,20,25)/t9-,11-,12-,15?/m1/s1/i1D,2D,3D. The van der Waals surface area contributed by atoms with E-state index in [2.05, 4.69) is 15.0 Å². The van der Waals surface area contributed by atoms with E-state index in [0.717, 1.165) is 0 Å². The third kappa shape index (κ3) is 4.38. The molecule has 0 bridgehead atoms. The van der Waals surface area contributed by atoms with Gasteiger partial charge >= 0.3 is 23.6 Å². The third-order valence-electron chi connectivity index (χ3n) is 3.90. The largest absolute Gasteiger partial charge is 0.463 e. The van der Waals surface area contributed by atoms with Gasteiger partial charge in [0, 0.05) is 24.8 Å². The summed E-state index contributed by atoms with van der Waals surface area (Å²) in [5.41, 5.74) is -0.727. The van der Waals surface area contributed by atoms with Crippen LogP contribution in [0.5, 0.6) is 0 Å². The Balaban J connectivity index is 2.04. The molecular formula is C16H17ClN4O8. The molecule has 1 fully saturated rings. The second-order valence-corrected chi connectivity index (χ2v) is 6.22. The van der Waals surface area contributed by atoms with Gasteiger partial charge in [-0.05, 0) is 0 Å². The number of aromatic nitrogens is 4.